The number of hydrogen-bond acceptors (Lipinski definition) is 3. The second-order valence-electron chi connectivity index (χ2n) is 5.22. The Hall–Kier alpha value is -1.81. The predicted molar refractivity (Wildman–Crippen MR) is 78.6 cm³/mol. The number of esters is 1. The van der Waals surface area contributed by atoms with E-state index in [2.05, 4.69) is 23.3 Å². The Morgan fingerprint density at radius 1 is 1.40 bits per heavy atom. The Balaban J connectivity index is 1.88. The summed E-state index contributed by atoms with van der Waals surface area (Å²) in [6, 6.07) is 7.84. The lowest BCUT2D eigenvalue weighted by Gasteiger charge is -2.22. The van der Waals surface area contributed by atoms with Crippen molar-refractivity contribution in [3.05, 3.63) is 35.5 Å². The molecule has 106 valence electrons. The van der Waals surface area contributed by atoms with E-state index in [-0.39, 0.29) is 12.0 Å². The van der Waals surface area contributed by atoms with Crippen molar-refractivity contribution in [1.82, 2.24) is 10.3 Å². The van der Waals surface area contributed by atoms with Gasteiger partial charge in [0.25, 0.3) is 0 Å². The molecule has 1 aliphatic heterocycles. The van der Waals surface area contributed by atoms with Crippen LogP contribution in [0.4, 0.5) is 0 Å². The number of carbonyl (C=O) groups excluding carboxylic acids is 1. The molecule has 1 aliphatic rings. The molecule has 1 aromatic carbocycles. The first kappa shape index (κ1) is 13.2. The standard InChI is InChI=1S/C16H20N2O2/c1-2-3-10-20-16(19)15-14-12(8-9-17-15)11-6-4-5-7-13(11)18-14/h4-7,15,17-18H,2-3,8-10H2,1H3. The van der Waals surface area contributed by atoms with Gasteiger partial charge in [-0.3, -0.25) is 5.32 Å². The van der Waals surface area contributed by atoms with Crippen molar-refractivity contribution in [3.8, 4) is 0 Å². The van der Waals surface area contributed by atoms with Gasteiger partial charge in [0, 0.05) is 23.1 Å². The van der Waals surface area contributed by atoms with Crippen molar-refractivity contribution in [3.63, 3.8) is 0 Å². The number of hydrogen-bond donors (Lipinski definition) is 2. The van der Waals surface area contributed by atoms with Crippen molar-refractivity contribution in [2.45, 2.75) is 32.2 Å². The molecule has 0 spiro atoms. The highest BCUT2D eigenvalue weighted by Crippen LogP contribution is 2.30. The van der Waals surface area contributed by atoms with Crippen LogP contribution in [0.3, 0.4) is 0 Å². The number of unbranched alkanes of at least 4 members (excludes halogenated alkanes) is 1. The number of benzene rings is 1. The van der Waals surface area contributed by atoms with Crippen molar-refractivity contribution in [2.24, 2.45) is 0 Å². The number of aromatic nitrogens is 1. The zero-order valence-electron chi connectivity index (χ0n) is 11.7. The number of para-hydroxylation sites is 1. The molecule has 1 unspecified atom stereocenters. The predicted octanol–water partition coefficient (Wildman–Crippen LogP) is 2.70. The molecule has 3 rings (SSSR count). The van der Waals surface area contributed by atoms with E-state index in [9.17, 15) is 4.79 Å². The molecule has 1 aromatic heterocycles. The third-order valence-electron chi connectivity index (χ3n) is 3.84. The van der Waals surface area contributed by atoms with Crippen LogP contribution in [-0.2, 0) is 16.0 Å². The van der Waals surface area contributed by atoms with E-state index in [0.29, 0.717) is 6.61 Å². The minimum Gasteiger partial charge on any atom is -0.464 e. The summed E-state index contributed by atoms with van der Waals surface area (Å²) in [5, 5.41) is 4.48. The molecular weight excluding hydrogens is 252 g/mol. The highest BCUT2D eigenvalue weighted by Gasteiger charge is 2.30. The molecule has 0 bridgehead atoms. The van der Waals surface area contributed by atoms with Gasteiger partial charge in [-0.1, -0.05) is 31.5 Å². The van der Waals surface area contributed by atoms with Crippen molar-refractivity contribution in [2.75, 3.05) is 13.2 Å². The Labute approximate surface area is 118 Å². The Kier molecular flexibility index (Phi) is 3.74. The minimum atomic E-state index is -0.358. The average Bonchev–Trinajstić information content (AvgIpc) is 2.86. The number of ether oxygens (including phenoxy) is 1. The van der Waals surface area contributed by atoms with Gasteiger partial charge in [0.1, 0.15) is 6.04 Å². The van der Waals surface area contributed by atoms with Crippen molar-refractivity contribution < 1.29 is 9.53 Å². The molecular formula is C16H20N2O2. The molecule has 0 radical (unpaired) electrons. The second kappa shape index (κ2) is 5.67. The maximum Gasteiger partial charge on any atom is 0.329 e. The summed E-state index contributed by atoms with van der Waals surface area (Å²) in [7, 11) is 0. The van der Waals surface area contributed by atoms with Crippen LogP contribution >= 0.6 is 0 Å². The third kappa shape index (κ3) is 2.31. The van der Waals surface area contributed by atoms with Crippen LogP contribution in [0.2, 0.25) is 0 Å². The maximum atomic E-state index is 12.2. The fourth-order valence-corrected chi connectivity index (χ4v) is 2.78. The molecule has 2 N–H and O–H groups in total. The van der Waals surface area contributed by atoms with Crippen LogP contribution < -0.4 is 5.32 Å². The van der Waals surface area contributed by atoms with Crippen LogP contribution in [0, 0.1) is 0 Å². The Bertz CT molecular complexity index is 618. The zero-order valence-corrected chi connectivity index (χ0v) is 11.7. The Morgan fingerprint density at radius 3 is 3.10 bits per heavy atom. The summed E-state index contributed by atoms with van der Waals surface area (Å²) < 4.78 is 5.35. The Morgan fingerprint density at radius 2 is 2.25 bits per heavy atom. The van der Waals surface area contributed by atoms with Gasteiger partial charge >= 0.3 is 5.97 Å². The zero-order chi connectivity index (χ0) is 13.9. The normalized spacial score (nSPS) is 17.9. The number of rotatable bonds is 4. The molecule has 0 saturated carbocycles. The summed E-state index contributed by atoms with van der Waals surface area (Å²) in [5.74, 6) is -0.175. The van der Waals surface area contributed by atoms with Gasteiger partial charge in [0.2, 0.25) is 0 Å². The summed E-state index contributed by atoms with van der Waals surface area (Å²) in [6.07, 6.45) is 2.89. The first-order chi connectivity index (χ1) is 9.81. The van der Waals surface area contributed by atoms with Crippen molar-refractivity contribution >= 4 is 16.9 Å². The van der Waals surface area contributed by atoms with Gasteiger partial charge in [-0.25, -0.2) is 4.79 Å². The molecule has 4 heteroatoms. The molecule has 0 amide bonds. The summed E-state index contributed by atoms with van der Waals surface area (Å²) in [4.78, 5) is 15.6. The highest BCUT2D eigenvalue weighted by atomic mass is 16.5. The van der Waals surface area contributed by atoms with Gasteiger partial charge in [-0.15, -0.1) is 0 Å². The lowest BCUT2D eigenvalue weighted by atomic mass is 9.99. The van der Waals surface area contributed by atoms with Crippen LogP contribution in [0.25, 0.3) is 10.9 Å². The first-order valence-corrected chi connectivity index (χ1v) is 7.30. The van der Waals surface area contributed by atoms with E-state index in [1.165, 1.54) is 10.9 Å². The number of carbonyl (C=O) groups is 1. The topological polar surface area (TPSA) is 54.1 Å². The van der Waals surface area contributed by atoms with Crippen molar-refractivity contribution in [1.29, 1.82) is 0 Å². The van der Waals surface area contributed by atoms with Crippen LogP contribution in [0.15, 0.2) is 24.3 Å². The number of aromatic amines is 1. The van der Waals surface area contributed by atoms with E-state index in [1.807, 2.05) is 18.2 Å². The molecule has 0 aliphatic carbocycles. The van der Waals surface area contributed by atoms with Crippen LogP contribution in [0.5, 0.6) is 0 Å². The van der Waals surface area contributed by atoms with Crippen LogP contribution in [-0.4, -0.2) is 24.1 Å². The summed E-state index contributed by atoms with van der Waals surface area (Å²) >= 11 is 0. The monoisotopic (exact) mass is 272 g/mol. The SMILES string of the molecule is CCCCOC(=O)C1NCCc2c1[nH]c1ccccc21. The van der Waals surface area contributed by atoms with Gasteiger partial charge in [0.05, 0.1) is 6.61 Å². The second-order valence-corrected chi connectivity index (χ2v) is 5.22. The highest BCUT2D eigenvalue weighted by molar-refractivity contribution is 5.88. The number of nitrogens with one attached hydrogen (secondary N) is 2. The van der Waals surface area contributed by atoms with Gasteiger partial charge in [-0.2, -0.15) is 0 Å². The largest absolute Gasteiger partial charge is 0.464 e. The first-order valence-electron chi connectivity index (χ1n) is 7.30. The molecule has 2 aromatic rings. The number of H-pyrrole nitrogens is 1. The number of fused-ring (bicyclic) bond motifs is 3. The molecule has 1 atom stereocenters. The fourth-order valence-electron chi connectivity index (χ4n) is 2.78. The van der Waals surface area contributed by atoms with E-state index >= 15 is 0 Å². The quantitative estimate of drug-likeness (QED) is 0.664. The van der Waals surface area contributed by atoms with Gasteiger partial charge in [-0.05, 0) is 24.5 Å². The summed E-state index contributed by atoms with van der Waals surface area (Å²) in [5.41, 5.74) is 3.31. The summed E-state index contributed by atoms with van der Waals surface area (Å²) in [6.45, 7) is 3.40. The molecule has 0 saturated heterocycles. The van der Waals surface area contributed by atoms with E-state index in [1.54, 1.807) is 0 Å². The molecule has 20 heavy (non-hydrogen) atoms. The molecule has 0 fully saturated rings. The smallest absolute Gasteiger partial charge is 0.329 e. The molecule has 4 nitrogen and oxygen atoms in total. The van der Waals surface area contributed by atoms with Gasteiger partial charge < -0.3 is 9.72 Å². The maximum absolute atomic E-state index is 12.2. The third-order valence-corrected chi connectivity index (χ3v) is 3.84. The minimum absolute atomic E-state index is 0.175. The lowest BCUT2D eigenvalue weighted by molar-refractivity contribution is -0.146. The van der Waals surface area contributed by atoms with Gasteiger partial charge in [0.15, 0.2) is 0 Å². The van der Waals surface area contributed by atoms with Crippen LogP contribution in [0.1, 0.15) is 37.1 Å². The lowest BCUT2D eigenvalue weighted by Crippen LogP contribution is -2.36. The molecule has 2 heterocycles. The van der Waals surface area contributed by atoms with E-state index in [0.717, 1.165) is 37.0 Å². The van der Waals surface area contributed by atoms with E-state index < -0.39 is 0 Å². The van der Waals surface area contributed by atoms with E-state index in [4.69, 9.17) is 4.74 Å². The fraction of sp³-hybridized carbons (Fsp3) is 0.438. The average molecular weight is 272 g/mol.